The van der Waals surface area contributed by atoms with Crippen LogP contribution in [0, 0.1) is 6.92 Å². The van der Waals surface area contributed by atoms with E-state index >= 15 is 0 Å². The molecular weight excluding hydrogens is 244 g/mol. The van der Waals surface area contributed by atoms with Crippen LogP contribution in [0.2, 0.25) is 0 Å². The summed E-state index contributed by atoms with van der Waals surface area (Å²) >= 11 is 3.36. The highest BCUT2D eigenvalue weighted by Crippen LogP contribution is 2.23. The van der Waals surface area contributed by atoms with Gasteiger partial charge in [-0.25, -0.2) is 0 Å². The van der Waals surface area contributed by atoms with E-state index in [4.69, 9.17) is 5.73 Å². The number of carbonyl (C=O) groups excluding carboxylic acids is 1. The van der Waals surface area contributed by atoms with Crippen LogP contribution < -0.4 is 11.1 Å². The van der Waals surface area contributed by atoms with Gasteiger partial charge in [0.05, 0.1) is 5.69 Å². The largest absolute Gasteiger partial charge is 0.330 e. The number of carbonyl (C=O) groups is 1. The average Bonchev–Trinajstić information content (AvgIpc) is 2.12. The summed E-state index contributed by atoms with van der Waals surface area (Å²) in [5.74, 6) is -0.0567. The highest BCUT2D eigenvalue weighted by molar-refractivity contribution is 9.10. The van der Waals surface area contributed by atoms with Gasteiger partial charge in [-0.1, -0.05) is 6.07 Å². The van der Waals surface area contributed by atoms with E-state index in [1.54, 1.807) is 0 Å². The number of nitrogens with one attached hydrogen (secondary N) is 1. The zero-order valence-corrected chi connectivity index (χ0v) is 9.60. The first-order chi connectivity index (χ1) is 6.63. The fourth-order valence-corrected chi connectivity index (χ4v) is 1.42. The highest BCUT2D eigenvalue weighted by Gasteiger charge is 2.04. The van der Waals surface area contributed by atoms with Crippen molar-refractivity contribution in [2.45, 2.75) is 13.3 Å². The predicted octanol–water partition coefficient (Wildman–Crippen LogP) is 2.04. The summed E-state index contributed by atoms with van der Waals surface area (Å²) in [6.45, 7) is 2.35. The maximum atomic E-state index is 11.3. The minimum Gasteiger partial charge on any atom is -0.330 e. The number of benzene rings is 1. The Morgan fingerprint density at radius 2 is 2.29 bits per heavy atom. The highest BCUT2D eigenvalue weighted by atomic mass is 79.9. The molecule has 0 fully saturated rings. The van der Waals surface area contributed by atoms with Crippen LogP contribution in [0.3, 0.4) is 0 Å². The number of rotatable bonds is 3. The Hall–Kier alpha value is -0.870. The Labute approximate surface area is 91.8 Å². The maximum Gasteiger partial charge on any atom is 0.225 e. The number of anilines is 1. The van der Waals surface area contributed by atoms with Crippen LogP contribution in [0.4, 0.5) is 5.69 Å². The van der Waals surface area contributed by atoms with Crippen LogP contribution in [0.25, 0.3) is 0 Å². The number of halogens is 1. The zero-order chi connectivity index (χ0) is 10.6. The fourth-order valence-electron chi connectivity index (χ4n) is 1.08. The van der Waals surface area contributed by atoms with Gasteiger partial charge >= 0.3 is 0 Å². The molecule has 14 heavy (non-hydrogen) atoms. The van der Waals surface area contributed by atoms with Crippen LogP contribution in [-0.4, -0.2) is 12.5 Å². The molecule has 1 amide bonds. The topological polar surface area (TPSA) is 55.1 Å². The molecule has 0 bridgehead atoms. The third kappa shape index (κ3) is 3.12. The van der Waals surface area contributed by atoms with E-state index in [-0.39, 0.29) is 5.91 Å². The van der Waals surface area contributed by atoms with Gasteiger partial charge in [0.25, 0.3) is 0 Å². The summed E-state index contributed by atoms with van der Waals surface area (Å²) in [6.07, 6.45) is 0.348. The number of aryl methyl sites for hydroxylation is 1. The molecule has 0 spiro atoms. The Balaban J connectivity index is 2.75. The van der Waals surface area contributed by atoms with Gasteiger partial charge in [0.15, 0.2) is 0 Å². The number of nitrogens with two attached hydrogens (primary N) is 1. The SMILES string of the molecule is Cc1ccc(Br)c(NC(=O)CCN)c1. The molecule has 0 atom stereocenters. The Morgan fingerprint density at radius 3 is 2.93 bits per heavy atom. The quantitative estimate of drug-likeness (QED) is 0.870. The lowest BCUT2D eigenvalue weighted by molar-refractivity contribution is -0.116. The first kappa shape index (κ1) is 11.2. The Bertz CT molecular complexity index is 339. The van der Waals surface area contributed by atoms with E-state index in [0.29, 0.717) is 13.0 Å². The van der Waals surface area contributed by atoms with E-state index in [0.717, 1.165) is 15.7 Å². The first-order valence-electron chi connectivity index (χ1n) is 4.39. The van der Waals surface area contributed by atoms with Gasteiger partial charge < -0.3 is 11.1 Å². The molecule has 0 aliphatic carbocycles. The van der Waals surface area contributed by atoms with E-state index in [2.05, 4.69) is 21.2 Å². The second-order valence-electron chi connectivity index (χ2n) is 3.07. The van der Waals surface area contributed by atoms with Gasteiger partial charge in [0.1, 0.15) is 0 Å². The standard InChI is InChI=1S/C10H13BrN2O/c1-7-2-3-8(11)9(6-7)13-10(14)4-5-12/h2-3,6H,4-5,12H2,1H3,(H,13,14). The summed E-state index contributed by atoms with van der Waals surface area (Å²) in [7, 11) is 0. The second kappa shape index (κ2) is 5.12. The molecule has 1 rings (SSSR count). The van der Waals surface area contributed by atoms with E-state index in [1.807, 2.05) is 25.1 Å². The van der Waals surface area contributed by atoms with Crippen molar-refractivity contribution < 1.29 is 4.79 Å². The van der Waals surface area contributed by atoms with Crippen LogP contribution in [-0.2, 0) is 4.79 Å². The van der Waals surface area contributed by atoms with E-state index < -0.39 is 0 Å². The Kier molecular flexibility index (Phi) is 4.10. The third-order valence-electron chi connectivity index (χ3n) is 1.77. The third-order valence-corrected chi connectivity index (χ3v) is 2.46. The van der Waals surface area contributed by atoms with Gasteiger partial charge in [0, 0.05) is 17.4 Å². The molecule has 4 heteroatoms. The summed E-state index contributed by atoms with van der Waals surface area (Å²) in [5, 5.41) is 2.79. The molecule has 3 nitrogen and oxygen atoms in total. The van der Waals surface area contributed by atoms with Gasteiger partial charge in [0.2, 0.25) is 5.91 Å². The van der Waals surface area contributed by atoms with Crippen molar-refractivity contribution in [2.24, 2.45) is 5.73 Å². The number of hydrogen-bond donors (Lipinski definition) is 2. The molecule has 3 N–H and O–H groups in total. The van der Waals surface area contributed by atoms with Crippen molar-refractivity contribution in [3.8, 4) is 0 Å². The smallest absolute Gasteiger partial charge is 0.225 e. The lowest BCUT2D eigenvalue weighted by atomic mass is 10.2. The van der Waals surface area contributed by atoms with Gasteiger partial charge in [-0.3, -0.25) is 4.79 Å². The molecule has 0 saturated heterocycles. The van der Waals surface area contributed by atoms with Crippen molar-refractivity contribution in [3.63, 3.8) is 0 Å². The molecule has 0 heterocycles. The van der Waals surface area contributed by atoms with Crippen LogP contribution in [0.5, 0.6) is 0 Å². The number of amides is 1. The van der Waals surface area contributed by atoms with Crippen LogP contribution in [0.1, 0.15) is 12.0 Å². The van der Waals surface area contributed by atoms with E-state index in [1.165, 1.54) is 0 Å². The van der Waals surface area contributed by atoms with Crippen LogP contribution >= 0.6 is 15.9 Å². The van der Waals surface area contributed by atoms with Crippen molar-refractivity contribution in [1.82, 2.24) is 0 Å². The molecular formula is C10H13BrN2O. The molecule has 0 aromatic heterocycles. The van der Waals surface area contributed by atoms with Crippen molar-refractivity contribution in [2.75, 3.05) is 11.9 Å². The second-order valence-corrected chi connectivity index (χ2v) is 3.92. The molecule has 1 aromatic rings. The summed E-state index contributed by atoms with van der Waals surface area (Å²) in [5.41, 5.74) is 7.18. The normalized spacial score (nSPS) is 9.93. The zero-order valence-electron chi connectivity index (χ0n) is 8.01. The molecule has 0 radical (unpaired) electrons. The van der Waals surface area contributed by atoms with Crippen molar-refractivity contribution >= 4 is 27.5 Å². The minimum absolute atomic E-state index is 0.0567. The molecule has 0 aliphatic heterocycles. The molecule has 0 aliphatic rings. The summed E-state index contributed by atoms with van der Waals surface area (Å²) < 4.78 is 0.883. The lowest BCUT2D eigenvalue weighted by Crippen LogP contribution is -2.16. The predicted molar refractivity (Wildman–Crippen MR) is 61.2 cm³/mol. The van der Waals surface area contributed by atoms with Crippen LogP contribution in [0.15, 0.2) is 22.7 Å². The minimum atomic E-state index is -0.0567. The molecule has 0 saturated carbocycles. The maximum absolute atomic E-state index is 11.3. The molecule has 1 aromatic carbocycles. The molecule has 76 valence electrons. The lowest BCUT2D eigenvalue weighted by Gasteiger charge is -2.07. The number of hydrogen-bond acceptors (Lipinski definition) is 2. The fraction of sp³-hybridized carbons (Fsp3) is 0.300. The van der Waals surface area contributed by atoms with Gasteiger partial charge in [-0.05, 0) is 40.5 Å². The Morgan fingerprint density at radius 1 is 1.57 bits per heavy atom. The molecule has 0 unspecified atom stereocenters. The van der Waals surface area contributed by atoms with Crippen molar-refractivity contribution in [3.05, 3.63) is 28.2 Å². The monoisotopic (exact) mass is 256 g/mol. The van der Waals surface area contributed by atoms with E-state index in [9.17, 15) is 4.79 Å². The van der Waals surface area contributed by atoms with Gasteiger partial charge in [-0.2, -0.15) is 0 Å². The van der Waals surface area contributed by atoms with Gasteiger partial charge in [-0.15, -0.1) is 0 Å². The first-order valence-corrected chi connectivity index (χ1v) is 5.19. The summed E-state index contributed by atoms with van der Waals surface area (Å²) in [4.78, 5) is 11.3. The van der Waals surface area contributed by atoms with Crippen molar-refractivity contribution in [1.29, 1.82) is 0 Å². The average molecular weight is 257 g/mol. The summed E-state index contributed by atoms with van der Waals surface area (Å²) in [6, 6.07) is 5.80.